The molecule has 1 aliphatic carbocycles. The summed E-state index contributed by atoms with van der Waals surface area (Å²) in [6.45, 7) is 3.07. The molecule has 3 N–H and O–H groups in total. The SMILES string of the molecule is O=C(OC1CNC1)N1C2CCC1CC(Nc1nc(NC3CCOCC3)nc3c1ncn3C1CCCC1)C2. The largest absolute Gasteiger partial charge is 0.443 e. The number of nitrogens with one attached hydrogen (secondary N) is 3. The molecule has 2 aromatic rings. The zero-order valence-corrected chi connectivity index (χ0v) is 21.4. The third-order valence-electron chi connectivity index (χ3n) is 8.99. The van der Waals surface area contributed by atoms with E-state index in [1.165, 1.54) is 25.7 Å². The number of rotatable bonds is 6. The van der Waals surface area contributed by atoms with Crippen LogP contribution < -0.4 is 16.0 Å². The van der Waals surface area contributed by atoms with Gasteiger partial charge in [0.25, 0.3) is 0 Å². The van der Waals surface area contributed by atoms with E-state index in [0.29, 0.717) is 18.0 Å². The average molecular weight is 511 g/mol. The molecule has 5 fully saturated rings. The lowest BCUT2D eigenvalue weighted by molar-refractivity contribution is 0.0194. The minimum absolute atomic E-state index is 0.0219. The molecule has 0 radical (unpaired) electrons. The Balaban J connectivity index is 1.12. The summed E-state index contributed by atoms with van der Waals surface area (Å²) >= 11 is 0. The third-order valence-corrected chi connectivity index (χ3v) is 8.99. The summed E-state index contributed by atoms with van der Waals surface area (Å²) in [5.41, 5.74) is 1.76. The number of anilines is 2. The van der Waals surface area contributed by atoms with E-state index in [9.17, 15) is 4.79 Å². The van der Waals surface area contributed by atoms with Gasteiger partial charge in [-0.3, -0.25) is 0 Å². The van der Waals surface area contributed by atoms with E-state index in [-0.39, 0.29) is 30.3 Å². The van der Waals surface area contributed by atoms with Crippen molar-refractivity contribution in [3.8, 4) is 0 Å². The number of piperidine rings is 1. The van der Waals surface area contributed by atoms with E-state index >= 15 is 0 Å². The molecule has 1 saturated carbocycles. The molecule has 4 saturated heterocycles. The van der Waals surface area contributed by atoms with Crippen molar-refractivity contribution in [1.82, 2.24) is 29.7 Å². The van der Waals surface area contributed by atoms with E-state index in [1.54, 1.807) is 0 Å². The Morgan fingerprint density at radius 1 is 0.946 bits per heavy atom. The second kappa shape index (κ2) is 9.90. The highest BCUT2D eigenvalue weighted by Gasteiger charge is 2.45. The van der Waals surface area contributed by atoms with Gasteiger partial charge in [-0.05, 0) is 51.4 Å². The van der Waals surface area contributed by atoms with Crippen LogP contribution in [0.1, 0.15) is 70.3 Å². The zero-order valence-electron chi connectivity index (χ0n) is 21.4. The van der Waals surface area contributed by atoms with Gasteiger partial charge in [-0.15, -0.1) is 0 Å². The highest BCUT2D eigenvalue weighted by molar-refractivity contribution is 5.84. The van der Waals surface area contributed by atoms with Gasteiger partial charge in [0.15, 0.2) is 17.0 Å². The lowest BCUT2D eigenvalue weighted by Gasteiger charge is -2.40. The number of fused-ring (bicyclic) bond motifs is 3. The Morgan fingerprint density at radius 2 is 1.70 bits per heavy atom. The number of aromatic nitrogens is 4. The number of hydrogen-bond acceptors (Lipinski definition) is 9. The van der Waals surface area contributed by atoms with Crippen LogP contribution >= 0.6 is 0 Å². The smallest absolute Gasteiger partial charge is 0.410 e. The summed E-state index contributed by atoms with van der Waals surface area (Å²) in [7, 11) is 0. The fraction of sp³-hybridized carbons (Fsp3) is 0.769. The van der Waals surface area contributed by atoms with Crippen molar-refractivity contribution in [1.29, 1.82) is 0 Å². The first-order valence-electron chi connectivity index (χ1n) is 14.3. The minimum atomic E-state index is -0.139. The van der Waals surface area contributed by atoms with Crippen molar-refractivity contribution in [3.63, 3.8) is 0 Å². The van der Waals surface area contributed by atoms with Crippen molar-refractivity contribution in [2.45, 2.75) is 101 Å². The van der Waals surface area contributed by atoms with Gasteiger partial charge in [-0.1, -0.05) is 12.8 Å². The second-order valence-corrected chi connectivity index (χ2v) is 11.5. The summed E-state index contributed by atoms with van der Waals surface area (Å²) in [4.78, 5) is 29.6. The zero-order chi connectivity index (χ0) is 24.8. The molecule has 0 aromatic carbocycles. The molecule has 37 heavy (non-hydrogen) atoms. The van der Waals surface area contributed by atoms with Crippen molar-refractivity contribution in [3.05, 3.63) is 6.33 Å². The highest BCUT2D eigenvalue weighted by atomic mass is 16.6. The topological polar surface area (TPSA) is 118 Å². The quantitative estimate of drug-likeness (QED) is 0.539. The third kappa shape index (κ3) is 4.60. The first kappa shape index (κ1) is 23.5. The molecule has 11 nitrogen and oxygen atoms in total. The van der Waals surface area contributed by atoms with Gasteiger partial charge in [0, 0.05) is 56.5 Å². The molecule has 7 rings (SSSR count). The number of nitrogens with zero attached hydrogens (tertiary/aromatic N) is 5. The maximum Gasteiger partial charge on any atom is 0.410 e. The Kier molecular flexibility index (Phi) is 6.28. The fourth-order valence-corrected chi connectivity index (χ4v) is 6.89. The Labute approximate surface area is 217 Å². The summed E-state index contributed by atoms with van der Waals surface area (Å²) in [5.74, 6) is 1.47. The Morgan fingerprint density at radius 3 is 2.41 bits per heavy atom. The number of imidazole rings is 1. The van der Waals surface area contributed by atoms with Crippen molar-refractivity contribution in [2.75, 3.05) is 36.9 Å². The monoisotopic (exact) mass is 510 g/mol. The fourth-order valence-electron chi connectivity index (χ4n) is 6.89. The van der Waals surface area contributed by atoms with Crippen LogP contribution in [0.3, 0.4) is 0 Å². The predicted molar refractivity (Wildman–Crippen MR) is 139 cm³/mol. The van der Waals surface area contributed by atoms with Crippen LogP contribution in [0.15, 0.2) is 6.33 Å². The maximum absolute atomic E-state index is 12.9. The van der Waals surface area contributed by atoms with E-state index in [0.717, 1.165) is 81.8 Å². The van der Waals surface area contributed by atoms with Crippen LogP contribution in [0.4, 0.5) is 16.6 Å². The standard InChI is InChI=1S/C26H38N8O3/c35-26(37-21-13-27-14-21)34-19-5-6-20(34)12-17(11-19)29-23-22-24(33(15-28-22)18-3-1-2-4-18)32-25(31-23)30-16-7-9-36-10-8-16/h15-21,27H,1-14H2,(H2,29,30,31,32). The van der Waals surface area contributed by atoms with Gasteiger partial charge in [-0.25, -0.2) is 9.78 Å². The lowest BCUT2D eigenvalue weighted by atomic mass is 9.97. The number of carbonyl (C=O) groups is 1. The Bertz CT molecular complexity index is 1110. The molecular formula is C26H38N8O3. The number of hydrogen-bond donors (Lipinski definition) is 3. The molecular weight excluding hydrogens is 472 g/mol. The normalized spacial score (nSPS) is 29.0. The molecule has 2 aromatic heterocycles. The summed E-state index contributed by atoms with van der Waals surface area (Å²) in [6.07, 6.45) is 12.5. The van der Waals surface area contributed by atoms with Gasteiger partial charge >= 0.3 is 6.09 Å². The molecule has 11 heteroatoms. The van der Waals surface area contributed by atoms with Gasteiger partial charge in [-0.2, -0.15) is 9.97 Å². The second-order valence-electron chi connectivity index (χ2n) is 11.5. The summed E-state index contributed by atoms with van der Waals surface area (Å²) in [5, 5.41) is 10.5. The molecule has 6 heterocycles. The highest BCUT2D eigenvalue weighted by Crippen LogP contribution is 2.39. The maximum atomic E-state index is 12.9. The van der Waals surface area contributed by atoms with Gasteiger partial charge in [0.2, 0.25) is 5.95 Å². The molecule has 1 amide bonds. The van der Waals surface area contributed by atoms with Crippen LogP contribution in [0.5, 0.6) is 0 Å². The molecule has 0 spiro atoms. The van der Waals surface area contributed by atoms with Crippen LogP contribution in [0.25, 0.3) is 11.2 Å². The van der Waals surface area contributed by atoms with E-state index in [2.05, 4.69) is 20.5 Å². The molecule has 2 bridgehead atoms. The minimum Gasteiger partial charge on any atom is -0.443 e. The van der Waals surface area contributed by atoms with Crippen LogP contribution in [-0.2, 0) is 9.47 Å². The van der Waals surface area contributed by atoms with Gasteiger partial charge < -0.3 is 34.9 Å². The van der Waals surface area contributed by atoms with Crippen molar-refractivity contribution < 1.29 is 14.3 Å². The van der Waals surface area contributed by atoms with Crippen molar-refractivity contribution >= 4 is 29.0 Å². The number of ether oxygens (including phenoxy) is 2. The first-order valence-corrected chi connectivity index (χ1v) is 14.3. The lowest BCUT2D eigenvalue weighted by Crippen LogP contribution is -2.55. The number of carbonyl (C=O) groups excluding carboxylic acids is 1. The van der Waals surface area contributed by atoms with E-state index in [1.807, 2.05) is 11.2 Å². The molecule has 2 unspecified atom stereocenters. The van der Waals surface area contributed by atoms with Crippen molar-refractivity contribution in [2.24, 2.45) is 0 Å². The van der Waals surface area contributed by atoms with Gasteiger partial charge in [0.05, 0.1) is 6.33 Å². The number of amides is 1. The molecule has 200 valence electrons. The summed E-state index contributed by atoms with van der Waals surface area (Å²) in [6, 6.07) is 1.44. The molecule has 2 atom stereocenters. The van der Waals surface area contributed by atoms with Crippen LogP contribution in [0.2, 0.25) is 0 Å². The Hall–Kier alpha value is -2.66. The molecule has 4 aliphatic heterocycles. The van der Waals surface area contributed by atoms with Crippen LogP contribution in [0, 0.1) is 0 Å². The first-order chi connectivity index (χ1) is 18.2. The van der Waals surface area contributed by atoms with E-state index < -0.39 is 0 Å². The van der Waals surface area contributed by atoms with Gasteiger partial charge in [0.1, 0.15) is 6.10 Å². The predicted octanol–water partition coefficient (Wildman–Crippen LogP) is 3.05. The van der Waals surface area contributed by atoms with E-state index in [4.69, 9.17) is 24.4 Å². The van der Waals surface area contributed by atoms with Crippen LogP contribution in [-0.4, -0.2) is 87.1 Å². The molecule has 5 aliphatic rings. The summed E-state index contributed by atoms with van der Waals surface area (Å²) < 4.78 is 13.5. The average Bonchev–Trinajstić information content (AvgIpc) is 3.60.